The topological polar surface area (TPSA) is 40.6 Å². The maximum absolute atomic E-state index is 13.7. The molecular formula is C25H27ClN2O2. The molecule has 1 saturated heterocycles. The lowest BCUT2D eigenvalue weighted by Crippen LogP contribution is -2.51. The van der Waals surface area contributed by atoms with Crippen molar-refractivity contribution >= 4 is 23.4 Å². The van der Waals surface area contributed by atoms with Gasteiger partial charge >= 0.3 is 0 Å². The van der Waals surface area contributed by atoms with Crippen LogP contribution in [0.2, 0.25) is 5.02 Å². The van der Waals surface area contributed by atoms with Gasteiger partial charge in [-0.15, -0.1) is 0 Å². The van der Waals surface area contributed by atoms with E-state index in [4.69, 9.17) is 11.6 Å². The molecule has 1 aliphatic carbocycles. The van der Waals surface area contributed by atoms with Crippen LogP contribution in [0.15, 0.2) is 48.5 Å². The molecule has 5 heteroatoms. The number of benzene rings is 2. The van der Waals surface area contributed by atoms with Crippen molar-refractivity contribution in [2.24, 2.45) is 5.92 Å². The third-order valence-electron chi connectivity index (χ3n) is 7.12. The molecule has 1 saturated carbocycles. The van der Waals surface area contributed by atoms with Crippen molar-refractivity contribution in [2.45, 2.75) is 57.2 Å². The molecule has 2 fully saturated rings. The first kappa shape index (κ1) is 19.6. The van der Waals surface area contributed by atoms with E-state index in [0.717, 1.165) is 38.6 Å². The van der Waals surface area contributed by atoms with Crippen molar-refractivity contribution in [3.05, 3.63) is 70.2 Å². The van der Waals surface area contributed by atoms with Crippen LogP contribution in [0.5, 0.6) is 0 Å². The fraction of sp³-hybridized carbons (Fsp3) is 0.440. The zero-order chi connectivity index (χ0) is 20.7. The minimum absolute atomic E-state index is 0.0531. The van der Waals surface area contributed by atoms with E-state index < -0.39 is 0 Å². The molecule has 3 atom stereocenters. The van der Waals surface area contributed by atoms with Crippen LogP contribution in [0, 0.1) is 5.92 Å². The summed E-state index contributed by atoms with van der Waals surface area (Å²) in [4.78, 5) is 31.1. The number of carbonyl (C=O) groups is 2. The summed E-state index contributed by atoms with van der Waals surface area (Å²) >= 11 is 6.16. The quantitative estimate of drug-likeness (QED) is 0.703. The summed E-state index contributed by atoms with van der Waals surface area (Å²) < 4.78 is 0. The minimum atomic E-state index is -0.366. The predicted octanol–water partition coefficient (Wildman–Crippen LogP) is 4.70. The van der Waals surface area contributed by atoms with Crippen molar-refractivity contribution in [2.75, 3.05) is 6.54 Å². The number of fused-ring (bicyclic) bond motifs is 2. The van der Waals surface area contributed by atoms with E-state index in [0.29, 0.717) is 23.0 Å². The molecule has 0 bridgehead atoms. The maximum Gasteiger partial charge on any atom is 0.254 e. The van der Waals surface area contributed by atoms with Gasteiger partial charge in [0.1, 0.15) is 6.04 Å². The molecule has 2 aromatic carbocycles. The van der Waals surface area contributed by atoms with Gasteiger partial charge in [0.25, 0.3) is 5.91 Å². The lowest BCUT2D eigenvalue weighted by atomic mass is 9.84. The first-order valence-electron chi connectivity index (χ1n) is 11.1. The maximum atomic E-state index is 13.7. The van der Waals surface area contributed by atoms with Crippen LogP contribution in [0.4, 0.5) is 0 Å². The number of hydrogen-bond donors (Lipinski definition) is 0. The highest BCUT2D eigenvalue weighted by atomic mass is 35.5. The van der Waals surface area contributed by atoms with E-state index >= 15 is 0 Å². The van der Waals surface area contributed by atoms with Crippen molar-refractivity contribution in [1.29, 1.82) is 0 Å². The molecule has 30 heavy (non-hydrogen) atoms. The fourth-order valence-electron chi connectivity index (χ4n) is 5.64. The number of halogens is 1. The molecule has 2 aromatic rings. The molecular weight excluding hydrogens is 396 g/mol. The molecule has 156 valence electrons. The van der Waals surface area contributed by atoms with Crippen LogP contribution >= 0.6 is 11.6 Å². The van der Waals surface area contributed by atoms with Gasteiger partial charge in [0.2, 0.25) is 5.91 Å². The molecule has 2 amide bonds. The van der Waals surface area contributed by atoms with Gasteiger partial charge < -0.3 is 9.80 Å². The highest BCUT2D eigenvalue weighted by Gasteiger charge is 2.48. The smallest absolute Gasteiger partial charge is 0.254 e. The van der Waals surface area contributed by atoms with E-state index in [1.807, 2.05) is 28.0 Å². The fourth-order valence-corrected chi connectivity index (χ4v) is 5.83. The number of rotatable bonds is 2. The summed E-state index contributed by atoms with van der Waals surface area (Å²) in [5.41, 5.74) is 3.13. The highest BCUT2D eigenvalue weighted by Crippen LogP contribution is 2.41. The second-order valence-corrected chi connectivity index (χ2v) is 9.30. The molecule has 0 N–H and O–H groups in total. The number of hydrogen-bond acceptors (Lipinski definition) is 2. The number of nitrogens with zero attached hydrogens (tertiary/aromatic N) is 2. The van der Waals surface area contributed by atoms with Crippen molar-refractivity contribution in [1.82, 2.24) is 9.80 Å². The largest absolute Gasteiger partial charge is 0.336 e. The Labute approximate surface area is 182 Å². The molecule has 2 heterocycles. The number of likely N-dealkylation sites (tertiary alicyclic amines) is 1. The molecule has 0 radical (unpaired) electrons. The minimum Gasteiger partial charge on any atom is -0.336 e. The Morgan fingerprint density at radius 3 is 2.60 bits per heavy atom. The molecule has 2 aliphatic heterocycles. The van der Waals surface area contributed by atoms with Gasteiger partial charge in [-0.05, 0) is 60.9 Å². The average molecular weight is 423 g/mol. The summed E-state index contributed by atoms with van der Waals surface area (Å²) in [7, 11) is 0. The predicted molar refractivity (Wildman–Crippen MR) is 117 cm³/mol. The van der Waals surface area contributed by atoms with Gasteiger partial charge in [-0.25, -0.2) is 0 Å². The van der Waals surface area contributed by atoms with E-state index in [9.17, 15) is 9.59 Å². The Bertz CT molecular complexity index is 975. The Hall–Kier alpha value is -2.33. The van der Waals surface area contributed by atoms with Crippen LogP contribution in [0.1, 0.15) is 53.6 Å². The highest BCUT2D eigenvalue weighted by molar-refractivity contribution is 6.31. The van der Waals surface area contributed by atoms with Gasteiger partial charge in [0.15, 0.2) is 0 Å². The first-order valence-corrected chi connectivity index (χ1v) is 11.4. The van der Waals surface area contributed by atoms with Gasteiger partial charge in [-0.1, -0.05) is 54.8 Å². The van der Waals surface area contributed by atoms with E-state index in [1.54, 1.807) is 12.1 Å². The molecule has 4 nitrogen and oxygen atoms in total. The SMILES string of the molecule is O=C(C1CC2CCCCC2N1C(=O)c1cccc(Cl)c1)N1CCc2ccccc2C1. The second-order valence-electron chi connectivity index (χ2n) is 8.86. The molecule has 3 aliphatic rings. The van der Waals surface area contributed by atoms with Crippen LogP contribution in [0.3, 0.4) is 0 Å². The van der Waals surface area contributed by atoms with Crippen LogP contribution in [-0.4, -0.2) is 40.2 Å². The summed E-state index contributed by atoms with van der Waals surface area (Å²) in [6.45, 7) is 1.36. The van der Waals surface area contributed by atoms with Crippen LogP contribution in [-0.2, 0) is 17.8 Å². The second kappa shape index (κ2) is 8.07. The molecule has 5 rings (SSSR count). The Morgan fingerprint density at radius 1 is 0.967 bits per heavy atom. The molecule has 3 unspecified atom stereocenters. The van der Waals surface area contributed by atoms with Crippen molar-refractivity contribution in [3.63, 3.8) is 0 Å². The zero-order valence-corrected chi connectivity index (χ0v) is 17.9. The standard InChI is InChI=1S/C25H27ClN2O2/c26-21-10-5-9-19(14-21)24(29)28-22-11-4-3-7-18(22)15-23(28)25(30)27-13-12-17-6-1-2-8-20(17)16-27/h1-2,5-6,8-10,14,18,22-23H,3-4,7,11-13,15-16H2. The number of carbonyl (C=O) groups excluding carboxylic acids is 2. The van der Waals surface area contributed by atoms with Crippen LogP contribution < -0.4 is 0 Å². The molecule has 0 aromatic heterocycles. The van der Waals surface area contributed by atoms with E-state index in [2.05, 4.69) is 18.2 Å². The summed E-state index contributed by atoms with van der Waals surface area (Å²) in [6.07, 6.45) is 6.08. The lowest BCUT2D eigenvalue weighted by Gasteiger charge is -2.36. The van der Waals surface area contributed by atoms with Crippen LogP contribution in [0.25, 0.3) is 0 Å². The summed E-state index contributed by atoms with van der Waals surface area (Å²) in [5, 5.41) is 0.552. The Morgan fingerprint density at radius 2 is 1.77 bits per heavy atom. The summed E-state index contributed by atoms with van der Waals surface area (Å²) in [6, 6.07) is 15.3. The van der Waals surface area contributed by atoms with E-state index in [-0.39, 0.29) is 23.9 Å². The number of amides is 2. The monoisotopic (exact) mass is 422 g/mol. The third-order valence-corrected chi connectivity index (χ3v) is 7.36. The van der Waals surface area contributed by atoms with E-state index in [1.165, 1.54) is 17.5 Å². The summed E-state index contributed by atoms with van der Waals surface area (Å²) in [5.74, 6) is 0.477. The zero-order valence-electron chi connectivity index (χ0n) is 17.1. The van der Waals surface area contributed by atoms with Gasteiger partial charge in [0.05, 0.1) is 0 Å². The van der Waals surface area contributed by atoms with Gasteiger partial charge in [-0.2, -0.15) is 0 Å². The van der Waals surface area contributed by atoms with Crippen molar-refractivity contribution in [3.8, 4) is 0 Å². The third kappa shape index (κ3) is 3.51. The average Bonchev–Trinajstić information content (AvgIpc) is 3.17. The van der Waals surface area contributed by atoms with Crippen molar-refractivity contribution < 1.29 is 9.59 Å². The Balaban J connectivity index is 1.43. The first-order chi connectivity index (χ1) is 14.6. The normalized spacial score (nSPS) is 25.6. The van der Waals surface area contributed by atoms with Gasteiger partial charge in [0, 0.05) is 29.7 Å². The van der Waals surface area contributed by atoms with Gasteiger partial charge in [-0.3, -0.25) is 9.59 Å². The lowest BCUT2D eigenvalue weighted by molar-refractivity contribution is -0.136. The Kier molecular flexibility index (Phi) is 5.28. The molecule has 0 spiro atoms.